The van der Waals surface area contributed by atoms with E-state index in [1.165, 1.54) is 26.4 Å². The van der Waals surface area contributed by atoms with E-state index >= 15 is 0 Å². The molecule has 1 saturated carbocycles. The molecule has 0 aliphatic heterocycles. The van der Waals surface area contributed by atoms with Gasteiger partial charge in [-0.2, -0.15) is 0 Å². The maximum absolute atomic E-state index is 12.4. The van der Waals surface area contributed by atoms with E-state index in [1.807, 2.05) is 0 Å². The number of unbranched alkanes of at least 4 members (excludes halogenated alkanes) is 6. The zero-order chi connectivity index (χ0) is 20.1. The number of hydrogen-bond donors (Lipinski definition) is 0. The van der Waals surface area contributed by atoms with Gasteiger partial charge in [-0.3, -0.25) is 9.59 Å². The van der Waals surface area contributed by atoms with E-state index in [9.17, 15) is 14.1 Å². The number of allylic oxidation sites excluding steroid dienone is 1. The first-order valence-corrected chi connectivity index (χ1v) is 12.2. The van der Waals surface area contributed by atoms with Crippen molar-refractivity contribution in [1.82, 2.24) is 0 Å². The van der Waals surface area contributed by atoms with Crippen molar-refractivity contribution in [3.8, 4) is 0 Å². The molecule has 4 unspecified atom stereocenters. The SMILES string of the molecule is CCCCC/C=C/C(C1CCC(=O)C1CCCCCCC(=O)OC)[S+](C)[O-]. The van der Waals surface area contributed by atoms with Crippen molar-refractivity contribution in [3.05, 3.63) is 12.2 Å². The average Bonchev–Trinajstić information content (AvgIpc) is 3.00. The van der Waals surface area contributed by atoms with Crippen LogP contribution in [0.2, 0.25) is 0 Å². The molecule has 1 aliphatic rings. The van der Waals surface area contributed by atoms with Gasteiger partial charge in [0.15, 0.2) is 0 Å². The summed E-state index contributed by atoms with van der Waals surface area (Å²) in [6.07, 6.45) is 17.4. The molecule has 4 atom stereocenters. The smallest absolute Gasteiger partial charge is 0.305 e. The minimum atomic E-state index is -0.943. The Kier molecular flexibility index (Phi) is 12.8. The summed E-state index contributed by atoms with van der Waals surface area (Å²) >= 11 is -0.943. The van der Waals surface area contributed by atoms with Crippen molar-refractivity contribution in [2.24, 2.45) is 11.8 Å². The standard InChI is InChI=1S/C22H38O4S/c1-4-5-6-7-11-14-21(27(3)25)19-16-17-20(23)18(19)13-10-8-9-12-15-22(24)26-2/h11,14,18-19,21H,4-10,12-13,15-17H2,1-3H3/b14-11+. The molecular formula is C22H38O4S. The van der Waals surface area contributed by atoms with Gasteiger partial charge in [0.05, 0.1) is 13.4 Å². The largest absolute Gasteiger partial charge is 0.616 e. The number of ketones is 1. The summed E-state index contributed by atoms with van der Waals surface area (Å²) in [6.45, 7) is 2.19. The highest BCUT2D eigenvalue weighted by Gasteiger charge is 2.41. The topological polar surface area (TPSA) is 66.4 Å². The number of hydrogen-bond acceptors (Lipinski definition) is 4. The van der Waals surface area contributed by atoms with Crippen molar-refractivity contribution >= 4 is 22.9 Å². The molecule has 0 aromatic carbocycles. The Morgan fingerprint density at radius 3 is 2.67 bits per heavy atom. The van der Waals surface area contributed by atoms with Gasteiger partial charge in [-0.1, -0.05) is 45.1 Å². The first-order chi connectivity index (χ1) is 13.0. The van der Waals surface area contributed by atoms with Crippen LogP contribution in [0.3, 0.4) is 0 Å². The van der Waals surface area contributed by atoms with Crippen molar-refractivity contribution in [3.63, 3.8) is 0 Å². The quantitative estimate of drug-likeness (QED) is 0.179. The highest BCUT2D eigenvalue weighted by atomic mass is 32.2. The molecule has 0 bridgehead atoms. The van der Waals surface area contributed by atoms with Gasteiger partial charge in [0.1, 0.15) is 11.0 Å². The number of ether oxygens (including phenoxy) is 1. The maximum Gasteiger partial charge on any atom is 0.305 e. The van der Waals surface area contributed by atoms with Crippen molar-refractivity contribution in [2.45, 2.75) is 89.2 Å². The van der Waals surface area contributed by atoms with E-state index < -0.39 is 11.2 Å². The monoisotopic (exact) mass is 398 g/mol. The molecule has 5 heteroatoms. The molecule has 1 aliphatic carbocycles. The van der Waals surface area contributed by atoms with Crippen LogP contribution in [0.25, 0.3) is 0 Å². The molecule has 27 heavy (non-hydrogen) atoms. The lowest BCUT2D eigenvalue weighted by Gasteiger charge is -2.26. The molecule has 4 nitrogen and oxygen atoms in total. The first kappa shape index (κ1) is 24.2. The fourth-order valence-electron chi connectivity index (χ4n) is 4.03. The van der Waals surface area contributed by atoms with Crippen LogP contribution in [-0.4, -0.2) is 34.9 Å². The van der Waals surface area contributed by atoms with E-state index in [0.29, 0.717) is 18.6 Å². The highest BCUT2D eigenvalue weighted by Crippen LogP contribution is 2.38. The van der Waals surface area contributed by atoms with Gasteiger partial charge in [0.2, 0.25) is 0 Å². The van der Waals surface area contributed by atoms with Crippen LogP contribution >= 0.6 is 0 Å². The van der Waals surface area contributed by atoms with Gasteiger partial charge < -0.3 is 9.29 Å². The summed E-state index contributed by atoms with van der Waals surface area (Å²) in [7, 11) is 1.42. The van der Waals surface area contributed by atoms with Crippen LogP contribution < -0.4 is 0 Å². The zero-order valence-electron chi connectivity index (χ0n) is 17.4. The van der Waals surface area contributed by atoms with Crippen molar-refractivity contribution in [1.29, 1.82) is 0 Å². The maximum atomic E-state index is 12.4. The number of esters is 1. The minimum absolute atomic E-state index is 0.00222. The Balaban J connectivity index is 2.46. The first-order valence-electron chi connectivity index (χ1n) is 10.6. The number of methoxy groups -OCH3 is 1. The van der Waals surface area contributed by atoms with Crippen LogP contribution in [0.5, 0.6) is 0 Å². The summed E-state index contributed by atoms with van der Waals surface area (Å²) < 4.78 is 17.0. The third kappa shape index (κ3) is 9.29. The Hall–Kier alpha value is -0.810. The molecular weight excluding hydrogens is 360 g/mol. The molecule has 0 spiro atoms. The predicted octanol–water partition coefficient (Wildman–Crippen LogP) is 4.98. The summed E-state index contributed by atoms with van der Waals surface area (Å²) in [5, 5.41) is 0.00222. The minimum Gasteiger partial charge on any atom is -0.616 e. The molecule has 0 saturated heterocycles. The Morgan fingerprint density at radius 2 is 2.00 bits per heavy atom. The molecule has 0 heterocycles. The lowest BCUT2D eigenvalue weighted by Crippen LogP contribution is -2.31. The molecule has 0 N–H and O–H groups in total. The van der Waals surface area contributed by atoms with Crippen LogP contribution in [-0.2, 0) is 25.5 Å². The Bertz CT molecular complexity index is 461. The second kappa shape index (κ2) is 14.2. The fourth-order valence-corrected chi connectivity index (χ4v) is 5.18. The number of Topliss-reactive ketones (excluding diaryl/α,β-unsaturated/α-hetero) is 1. The average molecular weight is 399 g/mol. The molecule has 0 aromatic rings. The Labute approximate surface area is 168 Å². The van der Waals surface area contributed by atoms with Gasteiger partial charge in [-0.05, 0) is 49.4 Å². The van der Waals surface area contributed by atoms with Gasteiger partial charge in [0.25, 0.3) is 0 Å². The fraction of sp³-hybridized carbons (Fsp3) is 0.818. The normalized spacial score (nSPS) is 22.3. The van der Waals surface area contributed by atoms with Crippen LogP contribution in [0.4, 0.5) is 0 Å². The zero-order valence-corrected chi connectivity index (χ0v) is 18.2. The van der Waals surface area contributed by atoms with Gasteiger partial charge in [-0.25, -0.2) is 0 Å². The van der Waals surface area contributed by atoms with Gasteiger partial charge in [0, 0.05) is 24.7 Å². The summed E-state index contributed by atoms with van der Waals surface area (Å²) in [4.78, 5) is 23.5. The lowest BCUT2D eigenvalue weighted by molar-refractivity contribution is -0.140. The second-order valence-electron chi connectivity index (χ2n) is 7.69. The van der Waals surface area contributed by atoms with Crippen molar-refractivity contribution in [2.75, 3.05) is 13.4 Å². The van der Waals surface area contributed by atoms with E-state index in [1.54, 1.807) is 6.26 Å². The van der Waals surface area contributed by atoms with Crippen LogP contribution in [0, 0.1) is 11.8 Å². The molecule has 156 valence electrons. The van der Waals surface area contributed by atoms with E-state index in [0.717, 1.165) is 44.9 Å². The van der Waals surface area contributed by atoms with Gasteiger partial charge in [-0.15, -0.1) is 0 Å². The van der Waals surface area contributed by atoms with E-state index in [2.05, 4.69) is 23.8 Å². The third-order valence-corrected chi connectivity index (χ3v) is 6.91. The van der Waals surface area contributed by atoms with Gasteiger partial charge >= 0.3 is 5.97 Å². The van der Waals surface area contributed by atoms with E-state index in [4.69, 9.17) is 0 Å². The van der Waals surface area contributed by atoms with E-state index in [-0.39, 0.29) is 23.1 Å². The lowest BCUT2D eigenvalue weighted by atomic mass is 9.87. The summed E-state index contributed by atoms with van der Waals surface area (Å²) in [6, 6.07) is 0. The van der Waals surface area contributed by atoms with Crippen LogP contribution in [0.1, 0.15) is 84.0 Å². The molecule has 0 radical (unpaired) electrons. The second-order valence-corrected chi connectivity index (χ2v) is 9.23. The summed E-state index contributed by atoms with van der Waals surface area (Å²) in [5.41, 5.74) is 0. The molecule has 1 rings (SSSR count). The van der Waals surface area contributed by atoms with Crippen molar-refractivity contribution < 1.29 is 18.9 Å². The van der Waals surface area contributed by atoms with Crippen LogP contribution in [0.15, 0.2) is 12.2 Å². The number of carbonyl (C=O) groups is 2. The predicted molar refractivity (Wildman–Crippen MR) is 112 cm³/mol. The highest BCUT2D eigenvalue weighted by molar-refractivity contribution is 7.91. The summed E-state index contributed by atoms with van der Waals surface area (Å²) in [5.74, 6) is 0.477. The molecule has 0 aromatic heterocycles. The number of rotatable bonds is 14. The number of carbonyl (C=O) groups excluding carboxylic acids is 2. The Morgan fingerprint density at radius 1 is 1.26 bits per heavy atom. The third-order valence-electron chi connectivity index (χ3n) is 5.63. The molecule has 0 amide bonds. The molecule has 1 fully saturated rings.